The van der Waals surface area contributed by atoms with Crippen molar-refractivity contribution in [2.24, 2.45) is 0 Å². The van der Waals surface area contributed by atoms with Crippen LogP contribution in [0.2, 0.25) is 5.02 Å². The van der Waals surface area contributed by atoms with E-state index in [4.69, 9.17) is 16.0 Å². The van der Waals surface area contributed by atoms with Crippen LogP contribution in [0.5, 0.6) is 0 Å². The Kier molecular flexibility index (Phi) is 5.82. The van der Waals surface area contributed by atoms with Crippen LogP contribution in [0.3, 0.4) is 0 Å². The maximum absolute atomic E-state index is 12.6. The van der Waals surface area contributed by atoms with Crippen LogP contribution in [0, 0.1) is 0 Å². The van der Waals surface area contributed by atoms with Crippen molar-refractivity contribution in [3.05, 3.63) is 64.5 Å². The fraction of sp³-hybridized carbons (Fsp3) is 0.250. The third kappa shape index (κ3) is 4.60. The number of nitrogens with zero attached hydrogens (tertiary/aromatic N) is 3. The van der Waals surface area contributed by atoms with Crippen molar-refractivity contribution in [1.29, 1.82) is 0 Å². The topological polar surface area (TPSA) is 78.7 Å². The maximum Gasteiger partial charge on any atom is 0.293 e. The van der Waals surface area contributed by atoms with Crippen molar-refractivity contribution < 1.29 is 14.0 Å². The van der Waals surface area contributed by atoms with Crippen molar-refractivity contribution in [3.63, 3.8) is 0 Å². The lowest BCUT2D eigenvalue weighted by Gasteiger charge is -2.36. The Hall–Kier alpha value is -2.84. The van der Waals surface area contributed by atoms with E-state index >= 15 is 0 Å². The summed E-state index contributed by atoms with van der Waals surface area (Å²) in [5, 5.41) is 5.63. The molecule has 2 aromatic heterocycles. The van der Waals surface area contributed by atoms with E-state index in [1.165, 1.54) is 17.6 Å². The molecule has 3 heterocycles. The average Bonchev–Trinajstić information content (AvgIpc) is 3.41. The number of nitrogens with one attached hydrogen (secondary N) is 1. The van der Waals surface area contributed by atoms with Gasteiger partial charge in [-0.05, 0) is 24.3 Å². The fourth-order valence-corrected chi connectivity index (χ4v) is 4.14. The van der Waals surface area contributed by atoms with E-state index < -0.39 is 0 Å². The van der Waals surface area contributed by atoms with Gasteiger partial charge >= 0.3 is 0 Å². The molecule has 9 heteroatoms. The number of carbonyl (C=O) groups excluding carboxylic acids is 2. The van der Waals surface area contributed by atoms with Crippen molar-refractivity contribution in [3.8, 4) is 0 Å². The molecule has 150 valence electrons. The molecule has 1 aliphatic rings. The molecule has 0 atom stereocenters. The number of piperazine rings is 1. The molecule has 4 rings (SSSR count). The van der Waals surface area contributed by atoms with Crippen molar-refractivity contribution in [1.82, 2.24) is 9.88 Å². The largest absolute Gasteiger partial charge is 0.459 e. The Bertz CT molecular complexity index is 997. The smallest absolute Gasteiger partial charge is 0.293 e. The average molecular weight is 431 g/mol. The Morgan fingerprint density at radius 3 is 2.66 bits per heavy atom. The molecule has 1 fully saturated rings. The van der Waals surface area contributed by atoms with Gasteiger partial charge in [-0.1, -0.05) is 23.7 Å². The summed E-state index contributed by atoms with van der Waals surface area (Å²) in [7, 11) is 0. The van der Waals surface area contributed by atoms with Gasteiger partial charge in [0.25, 0.3) is 5.91 Å². The maximum atomic E-state index is 12.6. The highest BCUT2D eigenvalue weighted by Gasteiger charge is 2.23. The van der Waals surface area contributed by atoms with Gasteiger partial charge in [-0.2, -0.15) is 0 Å². The van der Waals surface area contributed by atoms with Crippen LogP contribution >= 0.6 is 22.9 Å². The molecule has 1 aromatic carbocycles. The molecule has 0 bridgehead atoms. The first-order valence-electron chi connectivity index (χ1n) is 9.16. The van der Waals surface area contributed by atoms with Gasteiger partial charge in [-0.25, -0.2) is 4.98 Å². The lowest BCUT2D eigenvalue weighted by Crippen LogP contribution is -2.49. The molecule has 0 spiro atoms. The van der Waals surface area contributed by atoms with E-state index in [0.717, 1.165) is 23.8 Å². The first kappa shape index (κ1) is 19.5. The first-order valence-corrected chi connectivity index (χ1v) is 10.4. The van der Waals surface area contributed by atoms with Crippen LogP contribution in [0.1, 0.15) is 16.2 Å². The molecule has 29 heavy (non-hydrogen) atoms. The summed E-state index contributed by atoms with van der Waals surface area (Å²) in [5.41, 5.74) is 1.64. The molecule has 3 aromatic rings. The highest BCUT2D eigenvalue weighted by atomic mass is 35.5. The van der Waals surface area contributed by atoms with Gasteiger partial charge < -0.3 is 14.2 Å². The Balaban J connectivity index is 1.30. The van der Waals surface area contributed by atoms with Crippen LogP contribution < -0.4 is 10.2 Å². The monoisotopic (exact) mass is 430 g/mol. The predicted molar refractivity (Wildman–Crippen MR) is 113 cm³/mol. The summed E-state index contributed by atoms with van der Waals surface area (Å²) in [6.07, 6.45) is 1.64. The number of rotatable bonds is 5. The zero-order chi connectivity index (χ0) is 20.2. The van der Waals surface area contributed by atoms with Crippen LogP contribution in [0.15, 0.2) is 52.5 Å². The molecular weight excluding hydrogens is 412 g/mol. The van der Waals surface area contributed by atoms with E-state index in [1.54, 1.807) is 17.5 Å². The van der Waals surface area contributed by atoms with Crippen molar-refractivity contribution >= 4 is 45.6 Å². The second-order valence-corrected chi connectivity index (χ2v) is 7.84. The summed E-state index contributed by atoms with van der Waals surface area (Å²) in [5.74, 6) is -0.120. The second-order valence-electron chi connectivity index (χ2n) is 6.57. The van der Waals surface area contributed by atoms with Gasteiger partial charge in [-0.3, -0.25) is 14.9 Å². The molecule has 1 N–H and O–H groups in total. The SMILES string of the molecule is O=C(Nc1nc(CC(=O)N2CCN(c3ccccc3Cl)CC2)cs1)c1ccco1. The molecule has 2 amide bonds. The predicted octanol–water partition coefficient (Wildman–Crippen LogP) is 3.53. The van der Waals surface area contributed by atoms with E-state index in [1.807, 2.05) is 29.2 Å². The first-order chi connectivity index (χ1) is 14.1. The van der Waals surface area contributed by atoms with E-state index in [9.17, 15) is 9.59 Å². The molecular formula is C20H19ClN4O3S. The highest BCUT2D eigenvalue weighted by molar-refractivity contribution is 7.14. The summed E-state index contributed by atoms with van der Waals surface area (Å²) >= 11 is 7.55. The van der Waals surface area contributed by atoms with Gasteiger partial charge in [0.1, 0.15) is 0 Å². The number of hydrogen-bond donors (Lipinski definition) is 1. The number of halogens is 1. The van der Waals surface area contributed by atoms with Crippen molar-refractivity contribution in [2.45, 2.75) is 6.42 Å². The van der Waals surface area contributed by atoms with E-state index in [-0.39, 0.29) is 24.0 Å². The Morgan fingerprint density at radius 2 is 1.93 bits per heavy atom. The number of anilines is 2. The summed E-state index contributed by atoms with van der Waals surface area (Å²) < 4.78 is 5.06. The quantitative estimate of drug-likeness (QED) is 0.669. The minimum absolute atomic E-state index is 0.0259. The number of aromatic nitrogens is 1. The van der Waals surface area contributed by atoms with Crippen LogP contribution in [-0.2, 0) is 11.2 Å². The molecule has 0 saturated carbocycles. The number of amides is 2. The van der Waals surface area contributed by atoms with Crippen molar-refractivity contribution in [2.75, 3.05) is 36.4 Å². The molecule has 0 unspecified atom stereocenters. The molecule has 1 saturated heterocycles. The summed E-state index contributed by atoms with van der Waals surface area (Å²) in [6.45, 7) is 2.74. The zero-order valence-electron chi connectivity index (χ0n) is 15.5. The van der Waals surface area contributed by atoms with Crippen LogP contribution in [-0.4, -0.2) is 47.9 Å². The number of thiazole rings is 1. The zero-order valence-corrected chi connectivity index (χ0v) is 17.1. The minimum Gasteiger partial charge on any atom is -0.459 e. The Morgan fingerprint density at radius 1 is 1.14 bits per heavy atom. The van der Waals surface area contributed by atoms with Gasteiger partial charge in [0, 0.05) is 31.6 Å². The van der Waals surface area contributed by atoms with Gasteiger partial charge in [0.05, 0.1) is 29.1 Å². The fourth-order valence-electron chi connectivity index (χ4n) is 3.18. The lowest BCUT2D eigenvalue weighted by atomic mass is 10.2. The summed E-state index contributed by atoms with van der Waals surface area (Å²) in [4.78, 5) is 33.0. The third-order valence-electron chi connectivity index (χ3n) is 4.68. The number of furan rings is 1. The standard InChI is InChI=1S/C20H19ClN4O3S/c21-15-4-1-2-5-16(15)24-7-9-25(10-8-24)18(26)12-14-13-29-20(22-14)23-19(27)17-6-3-11-28-17/h1-6,11,13H,7-10,12H2,(H,22,23,27). The molecule has 0 aliphatic carbocycles. The second kappa shape index (κ2) is 8.67. The number of benzene rings is 1. The molecule has 7 nitrogen and oxygen atoms in total. The van der Waals surface area contributed by atoms with E-state index in [0.29, 0.717) is 23.9 Å². The van der Waals surface area contributed by atoms with Crippen LogP contribution in [0.4, 0.5) is 10.8 Å². The van der Waals surface area contributed by atoms with Gasteiger partial charge in [0.2, 0.25) is 5.91 Å². The number of hydrogen-bond acceptors (Lipinski definition) is 6. The minimum atomic E-state index is -0.363. The summed E-state index contributed by atoms with van der Waals surface area (Å²) in [6, 6.07) is 11.0. The highest BCUT2D eigenvalue weighted by Crippen LogP contribution is 2.26. The van der Waals surface area contributed by atoms with Crippen LogP contribution in [0.25, 0.3) is 0 Å². The molecule has 0 radical (unpaired) electrons. The van der Waals surface area contributed by atoms with Gasteiger partial charge in [0.15, 0.2) is 10.9 Å². The lowest BCUT2D eigenvalue weighted by molar-refractivity contribution is -0.130. The van der Waals surface area contributed by atoms with E-state index in [2.05, 4.69) is 15.2 Å². The normalized spacial score (nSPS) is 14.1. The third-order valence-corrected chi connectivity index (χ3v) is 5.80. The number of para-hydroxylation sites is 1. The van der Waals surface area contributed by atoms with Gasteiger partial charge in [-0.15, -0.1) is 11.3 Å². The number of carbonyl (C=O) groups is 2. The molecule has 1 aliphatic heterocycles. The Labute approximate surface area is 176 Å².